The van der Waals surface area contributed by atoms with Gasteiger partial charge in [0, 0.05) is 12.4 Å². The molecule has 1 aromatic rings. The van der Waals surface area contributed by atoms with E-state index in [2.05, 4.69) is 15.3 Å². The molecule has 1 aromatic heterocycles. The zero-order valence-corrected chi connectivity index (χ0v) is 8.87. The number of ether oxygens (including phenoxy) is 1. The molecule has 2 N–H and O–H groups in total. The molecule has 0 spiro atoms. The molecule has 1 fully saturated rings. The molecule has 0 saturated carbocycles. The van der Waals surface area contributed by atoms with Crippen LogP contribution in [0.5, 0.6) is 0 Å². The molecule has 2 rings (SSSR count). The number of hydrogen-bond donors (Lipinski definition) is 2. The molecule has 1 aliphatic heterocycles. The predicted molar refractivity (Wildman–Crippen MR) is 56.2 cm³/mol. The van der Waals surface area contributed by atoms with Gasteiger partial charge in [-0.25, -0.2) is 14.8 Å². The topological polar surface area (TPSA) is 101 Å². The highest BCUT2D eigenvalue weighted by Crippen LogP contribution is 2.20. The fourth-order valence-corrected chi connectivity index (χ4v) is 1.57. The fourth-order valence-electron chi connectivity index (χ4n) is 1.57. The molecule has 1 aliphatic rings. The van der Waals surface area contributed by atoms with Gasteiger partial charge in [-0.05, 0) is 18.9 Å². The summed E-state index contributed by atoms with van der Waals surface area (Å²) in [6, 6.07) is 1.63. The van der Waals surface area contributed by atoms with Crippen LogP contribution in [-0.2, 0) is 14.3 Å². The Morgan fingerprint density at radius 1 is 1.29 bits per heavy atom. The molecule has 90 valence electrons. The van der Waals surface area contributed by atoms with Crippen LogP contribution >= 0.6 is 0 Å². The zero-order valence-electron chi connectivity index (χ0n) is 8.87. The Morgan fingerprint density at radius 3 is 2.53 bits per heavy atom. The minimum Gasteiger partial charge on any atom is -0.479 e. The van der Waals surface area contributed by atoms with E-state index in [0.29, 0.717) is 12.8 Å². The van der Waals surface area contributed by atoms with E-state index < -0.39 is 24.1 Å². The highest BCUT2D eigenvalue weighted by atomic mass is 16.5. The number of hydrogen-bond acceptors (Lipinski definition) is 5. The number of nitrogens with zero attached hydrogens (tertiary/aromatic N) is 2. The molecule has 1 saturated heterocycles. The highest BCUT2D eigenvalue weighted by Gasteiger charge is 2.34. The number of carboxylic acid groups (broad SMARTS) is 1. The predicted octanol–water partition coefficient (Wildman–Crippen LogP) is 0.0473. The molecular formula is C10H11N3O4. The molecule has 2 heterocycles. The van der Waals surface area contributed by atoms with Crippen LogP contribution in [0, 0.1) is 0 Å². The molecule has 1 amide bonds. The molecule has 0 radical (unpaired) electrons. The molecular weight excluding hydrogens is 226 g/mol. The van der Waals surface area contributed by atoms with Crippen LogP contribution in [0.1, 0.15) is 12.8 Å². The van der Waals surface area contributed by atoms with E-state index in [9.17, 15) is 9.59 Å². The van der Waals surface area contributed by atoms with Crippen LogP contribution in [0.3, 0.4) is 0 Å². The maximum Gasteiger partial charge on any atom is 0.332 e. The number of rotatable bonds is 3. The average molecular weight is 237 g/mol. The maximum atomic E-state index is 11.7. The third kappa shape index (κ3) is 2.76. The minimum absolute atomic E-state index is 0.180. The van der Waals surface area contributed by atoms with Crippen LogP contribution in [0.15, 0.2) is 18.5 Å². The summed E-state index contributed by atoms with van der Waals surface area (Å²) in [6.45, 7) is 0. The quantitative estimate of drug-likeness (QED) is 0.770. The number of carbonyl (C=O) groups is 2. The first kappa shape index (κ1) is 11.5. The number of aliphatic carboxylic acids is 1. The lowest BCUT2D eigenvalue weighted by Gasteiger charge is -2.10. The summed E-state index contributed by atoms with van der Waals surface area (Å²) in [6.07, 6.45) is 2.07. The van der Waals surface area contributed by atoms with Crippen molar-refractivity contribution >= 4 is 17.8 Å². The fraction of sp³-hybridized carbons (Fsp3) is 0.400. The summed E-state index contributed by atoms with van der Waals surface area (Å²) in [5.74, 6) is -1.28. The SMILES string of the molecule is O=C(O)C1CCC(C(=O)Nc2ncccn2)O1. The number of carbonyl (C=O) groups excluding carboxylic acids is 1. The van der Waals surface area contributed by atoms with E-state index >= 15 is 0 Å². The first-order valence-corrected chi connectivity index (χ1v) is 5.13. The molecule has 2 unspecified atom stereocenters. The van der Waals surface area contributed by atoms with Crippen LogP contribution < -0.4 is 5.32 Å². The van der Waals surface area contributed by atoms with Gasteiger partial charge in [-0.3, -0.25) is 10.1 Å². The number of anilines is 1. The largest absolute Gasteiger partial charge is 0.479 e. The van der Waals surface area contributed by atoms with Gasteiger partial charge >= 0.3 is 5.97 Å². The van der Waals surface area contributed by atoms with Gasteiger partial charge < -0.3 is 9.84 Å². The molecule has 0 aromatic carbocycles. The second kappa shape index (κ2) is 4.88. The summed E-state index contributed by atoms with van der Waals surface area (Å²) < 4.78 is 5.09. The number of aromatic nitrogens is 2. The second-order valence-electron chi connectivity index (χ2n) is 3.59. The molecule has 2 atom stereocenters. The standard InChI is InChI=1S/C10H11N3O4/c14-8(13-10-11-4-1-5-12-10)6-2-3-7(17-6)9(15)16/h1,4-7H,2-3H2,(H,15,16)(H,11,12,13,14). The van der Waals surface area contributed by atoms with Crippen molar-refractivity contribution < 1.29 is 19.4 Å². The smallest absolute Gasteiger partial charge is 0.332 e. The number of nitrogens with one attached hydrogen (secondary N) is 1. The maximum absolute atomic E-state index is 11.7. The van der Waals surface area contributed by atoms with Gasteiger partial charge in [-0.2, -0.15) is 0 Å². The summed E-state index contributed by atoms with van der Waals surface area (Å²) >= 11 is 0. The van der Waals surface area contributed by atoms with Gasteiger partial charge in [-0.1, -0.05) is 0 Å². The van der Waals surface area contributed by atoms with E-state index in [1.807, 2.05) is 0 Å². The Morgan fingerprint density at radius 2 is 1.94 bits per heavy atom. The van der Waals surface area contributed by atoms with Crippen molar-refractivity contribution in [1.82, 2.24) is 9.97 Å². The van der Waals surface area contributed by atoms with Crippen molar-refractivity contribution in [2.24, 2.45) is 0 Å². The first-order chi connectivity index (χ1) is 8.16. The Hall–Kier alpha value is -2.02. The Labute approximate surface area is 96.8 Å². The minimum atomic E-state index is -1.05. The van der Waals surface area contributed by atoms with Crippen LogP contribution in [0.25, 0.3) is 0 Å². The average Bonchev–Trinajstić information content (AvgIpc) is 2.79. The third-order valence-corrected chi connectivity index (χ3v) is 2.39. The van der Waals surface area contributed by atoms with Gasteiger partial charge in [0.2, 0.25) is 5.95 Å². The molecule has 7 nitrogen and oxygen atoms in total. The van der Waals surface area contributed by atoms with Crippen LogP contribution in [0.4, 0.5) is 5.95 Å². The molecule has 0 aliphatic carbocycles. The normalized spacial score (nSPS) is 23.3. The lowest BCUT2D eigenvalue weighted by Crippen LogP contribution is -2.30. The van der Waals surface area contributed by atoms with Gasteiger partial charge in [-0.15, -0.1) is 0 Å². The van der Waals surface area contributed by atoms with E-state index in [0.717, 1.165) is 0 Å². The van der Waals surface area contributed by atoms with Gasteiger partial charge in [0.25, 0.3) is 5.91 Å². The van der Waals surface area contributed by atoms with Crippen molar-refractivity contribution in [2.45, 2.75) is 25.0 Å². The Kier molecular flexibility index (Phi) is 3.29. The Balaban J connectivity index is 1.92. The van der Waals surface area contributed by atoms with Gasteiger partial charge in [0.1, 0.15) is 6.10 Å². The highest BCUT2D eigenvalue weighted by molar-refractivity contribution is 5.93. The number of amides is 1. The van der Waals surface area contributed by atoms with Gasteiger partial charge in [0.15, 0.2) is 6.10 Å². The summed E-state index contributed by atoms with van der Waals surface area (Å²) in [7, 11) is 0. The lowest BCUT2D eigenvalue weighted by atomic mass is 10.2. The second-order valence-corrected chi connectivity index (χ2v) is 3.59. The van der Waals surface area contributed by atoms with E-state index in [-0.39, 0.29) is 5.95 Å². The van der Waals surface area contributed by atoms with Crippen molar-refractivity contribution in [2.75, 3.05) is 5.32 Å². The van der Waals surface area contributed by atoms with E-state index in [1.165, 1.54) is 12.4 Å². The first-order valence-electron chi connectivity index (χ1n) is 5.13. The summed E-state index contributed by atoms with van der Waals surface area (Å²) in [4.78, 5) is 30.0. The number of carboxylic acids is 1. The van der Waals surface area contributed by atoms with Crippen LogP contribution in [-0.4, -0.2) is 39.2 Å². The monoisotopic (exact) mass is 237 g/mol. The lowest BCUT2D eigenvalue weighted by molar-refractivity contribution is -0.150. The van der Waals surface area contributed by atoms with Crippen molar-refractivity contribution in [3.05, 3.63) is 18.5 Å². The van der Waals surface area contributed by atoms with E-state index in [1.54, 1.807) is 6.07 Å². The van der Waals surface area contributed by atoms with Crippen molar-refractivity contribution in [3.63, 3.8) is 0 Å². The van der Waals surface area contributed by atoms with Crippen molar-refractivity contribution in [3.8, 4) is 0 Å². The van der Waals surface area contributed by atoms with Gasteiger partial charge in [0.05, 0.1) is 0 Å². The van der Waals surface area contributed by atoms with Crippen molar-refractivity contribution in [1.29, 1.82) is 0 Å². The van der Waals surface area contributed by atoms with E-state index in [4.69, 9.17) is 9.84 Å². The summed E-state index contributed by atoms with van der Waals surface area (Å²) in [5, 5.41) is 11.2. The van der Waals surface area contributed by atoms with Crippen LogP contribution in [0.2, 0.25) is 0 Å². The molecule has 17 heavy (non-hydrogen) atoms. The zero-order chi connectivity index (χ0) is 12.3. The molecule has 7 heteroatoms. The Bertz CT molecular complexity index is 423. The third-order valence-electron chi connectivity index (χ3n) is 2.39. The summed E-state index contributed by atoms with van der Waals surface area (Å²) in [5.41, 5.74) is 0. The molecule has 0 bridgehead atoms.